The molecule has 2 rings (SSSR count). The smallest absolute Gasteiger partial charge is 0.118 e. The molecule has 1 aliphatic carbocycles. The number of benzene rings is 1. The van der Waals surface area contributed by atoms with E-state index < -0.39 is 0 Å². The van der Waals surface area contributed by atoms with Gasteiger partial charge in [0.05, 0.1) is 7.11 Å². The predicted molar refractivity (Wildman–Crippen MR) is 77.0 cm³/mol. The number of rotatable bonds is 5. The summed E-state index contributed by atoms with van der Waals surface area (Å²) in [6.07, 6.45) is 14.2. The monoisotopic (exact) mass is 244 g/mol. The van der Waals surface area contributed by atoms with E-state index in [1.807, 2.05) is 12.1 Å². The Bertz CT molecular complexity index is 358. The molecule has 0 unspecified atom stereocenters. The maximum absolute atomic E-state index is 5.16. The van der Waals surface area contributed by atoms with Crippen molar-refractivity contribution in [2.45, 2.75) is 44.9 Å². The first-order chi connectivity index (χ1) is 8.88. The maximum atomic E-state index is 5.16. The van der Waals surface area contributed by atoms with E-state index in [4.69, 9.17) is 4.74 Å². The van der Waals surface area contributed by atoms with Crippen molar-refractivity contribution in [3.05, 3.63) is 42.0 Å². The standard InChI is InChI=1S/C17H24O/c1-18-17-13-11-16(12-14-17)10-6-5-9-15-7-3-2-4-8-15/h5,9,11-15H,2-4,6-8,10H2,1H3/b9-5-. The topological polar surface area (TPSA) is 9.23 Å². The van der Waals surface area contributed by atoms with Crippen LogP contribution in [-0.2, 0) is 6.42 Å². The summed E-state index contributed by atoms with van der Waals surface area (Å²) in [6.45, 7) is 0. The SMILES string of the molecule is COc1ccc(CC/C=C\C2CCCCC2)cc1. The first-order valence-electron chi connectivity index (χ1n) is 7.18. The highest BCUT2D eigenvalue weighted by Crippen LogP contribution is 2.24. The van der Waals surface area contributed by atoms with Crippen LogP contribution in [0.25, 0.3) is 0 Å². The normalized spacial score (nSPS) is 17.2. The summed E-state index contributed by atoms with van der Waals surface area (Å²) in [4.78, 5) is 0. The van der Waals surface area contributed by atoms with Gasteiger partial charge in [-0.05, 0) is 49.3 Å². The minimum Gasteiger partial charge on any atom is -0.497 e. The van der Waals surface area contributed by atoms with Crippen molar-refractivity contribution >= 4 is 0 Å². The zero-order chi connectivity index (χ0) is 12.6. The molecule has 1 fully saturated rings. The van der Waals surface area contributed by atoms with Gasteiger partial charge in [0.15, 0.2) is 0 Å². The lowest BCUT2D eigenvalue weighted by Gasteiger charge is -2.17. The minimum absolute atomic E-state index is 0.856. The van der Waals surface area contributed by atoms with Crippen LogP contribution in [0, 0.1) is 5.92 Å². The van der Waals surface area contributed by atoms with Crippen molar-refractivity contribution in [3.63, 3.8) is 0 Å². The van der Waals surface area contributed by atoms with E-state index in [0.717, 1.165) is 24.5 Å². The molecule has 0 aromatic heterocycles. The molecule has 0 saturated heterocycles. The maximum Gasteiger partial charge on any atom is 0.118 e. The summed E-state index contributed by atoms with van der Waals surface area (Å²) >= 11 is 0. The van der Waals surface area contributed by atoms with Crippen molar-refractivity contribution in [3.8, 4) is 5.75 Å². The van der Waals surface area contributed by atoms with Crippen LogP contribution in [0.15, 0.2) is 36.4 Å². The molecule has 0 heterocycles. The van der Waals surface area contributed by atoms with Crippen LogP contribution in [0.2, 0.25) is 0 Å². The molecule has 0 atom stereocenters. The van der Waals surface area contributed by atoms with Crippen LogP contribution in [0.4, 0.5) is 0 Å². The van der Waals surface area contributed by atoms with Gasteiger partial charge in [-0.15, -0.1) is 0 Å². The fraction of sp³-hybridized carbons (Fsp3) is 0.529. The zero-order valence-corrected chi connectivity index (χ0v) is 11.4. The van der Waals surface area contributed by atoms with E-state index >= 15 is 0 Å². The third-order valence-electron chi connectivity index (χ3n) is 3.82. The Labute approximate surface area is 111 Å². The largest absolute Gasteiger partial charge is 0.497 e. The average molecular weight is 244 g/mol. The highest BCUT2D eigenvalue weighted by Gasteiger charge is 2.09. The van der Waals surface area contributed by atoms with Gasteiger partial charge in [-0.25, -0.2) is 0 Å². The van der Waals surface area contributed by atoms with E-state index in [2.05, 4.69) is 24.3 Å². The summed E-state index contributed by atoms with van der Waals surface area (Å²) in [5.74, 6) is 1.80. The van der Waals surface area contributed by atoms with E-state index in [1.165, 1.54) is 37.7 Å². The summed E-state index contributed by atoms with van der Waals surface area (Å²) in [6, 6.07) is 8.40. The number of hydrogen-bond donors (Lipinski definition) is 0. The lowest BCUT2D eigenvalue weighted by Crippen LogP contribution is -2.02. The van der Waals surface area contributed by atoms with Crippen molar-refractivity contribution in [1.29, 1.82) is 0 Å². The van der Waals surface area contributed by atoms with Gasteiger partial charge < -0.3 is 4.74 Å². The average Bonchev–Trinajstić information content (AvgIpc) is 2.45. The number of allylic oxidation sites excluding steroid dienone is 2. The van der Waals surface area contributed by atoms with Crippen molar-refractivity contribution in [2.75, 3.05) is 7.11 Å². The molecule has 1 aliphatic rings. The molecular formula is C17H24O. The second kappa shape index (κ2) is 7.25. The fourth-order valence-corrected chi connectivity index (χ4v) is 2.66. The molecule has 1 aromatic rings. The summed E-state index contributed by atoms with van der Waals surface area (Å²) < 4.78 is 5.16. The number of ether oxygens (including phenoxy) is 1. The van der Waals surface area contributed by atoms with Crippen LogP contribution >= 0.6 is 0 Å². The minimum atomic E-state index is 0.856. The van der Waals surface area contributed by atoms with Gasteiger partial charge in [0.1, 0.15) is 5.75 Å². The third kappa shape index (κ3) is 4.21. The van der Waals surface area contributed by atoms with Crippen molar-refractivity contribution in [1.82, 2.24) is 0 Å². The molecule has 0 radical (unpaired) electrons. The van der Waals surface area contributed by atoms with Crippen molar-refractivity contribution in [2.24, 2.45) is 5.92 Å². The Kier molecular flexibility index (Phi) is 5.32. The lowest BCUT2D eigenvalue weighted by atomic mass is 9.89. The Morgan fingerprint density at radius 3 is 2.50 bits per heavy atom. The van der Waals surface area contributed by atoms with Gasteiger partial charge >= 0.3 is 0 Å². The molecule has 0 N–H and O–H groups in total. The Morgan fingerprint density at radius 2 is 1.83 bits per heavy atom. The van der Waals surface area contributed by atoms with E-state index in [-0.39, 0.29) is 0 Å². The first-order valence-corrected chi connectivity index (χ1v) is 7.18. The summed E-state index contributed by atoms with van der Waals surface area (Å²) in [7, 11) is 1.71. The van der Waals surface area contributed by atoms with Gasteiger partial charge in [0.25, 0.3) is 0 Å². The van der Waals surface area contributed by atoms with Crippen LogP contribution < -0.4 is 4.74 Å². The Balaban J connectivity index is 1.71. The molecule has 18 heavy (non-hydrogen) atoms. The molecule has 98 valence electrons. The van der Waals surface area contributed by atoms with E-state index in [0.29, 0.717) is 0 Å². The number of methoxy groups -OCH3 is 1. The van der Waals surface area contributed by atoms with E-state index in [9.17, 15) is 0 Å². The number of aryl methyl sites for hydroxylation is 1. The zero-order valence-electron chi connectivity index (χ0n) is 11.4. The van der Waals surface area contributed by atoms with Gasteiger partial charge in [-0.1, -0.05) is 43.5 Å². The van der Waals surface area contributed by atoms with Crippen LogP contribution in [0.3, 0.4) is 0 Å². The van der Waals surface area contributed by atoms with E-state index in [1.54, 1.807) is 7.11 Å². The van der Waals surface area contributed by atoms with Crippen LogP contribution in [-0.4, -0.2) is 7.11 Å². The highest BCUT2D eigenvalue weighted by molar-refractivity contribution is 5.27. The second-order valence-electron chi connectivity index (χ2n) is 5.21. The predicted octanol–water partition coefficient (Wildman–Crippen LogP) is 4.76. The number of hydrogen-bond acceptors (Lipinski definition) is 1. The molecule has 1 heteroatoms. The quantitative estimate of drug-likeness (QED) is 0.678. The molecule has 0 aliphatic heterocycles. The summed E-state index contributed by atoms with van der Waals surface area (Å²) in [5.41, 5.74) is 1.39. The van der Waals surface area contributed by atoms with Gasteiger partial charge in [-0.3, -0.25) is 0 Å². The lowest BCUT2D eigenvalue weighted by molar-refractivity contribution is 0.414. The Morgan fingerprint density at radius 1 is 1.11 bits per heavy atom. The molecule has 0 spiro atoms. The van der Waals surface area contributed by atoms with Crippen LogP contribution in [0.1, 0.15) is 44.1 Å². The molecule has 1 saturated carbocycles. The molecule has 0 bridgehead atoms. The highest BCUT2D eigenvalue weighted by atomic mass is 16.5. The Hall–Kier alpha value is -1.24. The van der Waals surface area contributed by atoms with Gasteiger partial charge in [0, 0.05) is 0 Å². The molecule has 1 aromatic carbocycles. The molecular weight excluding hydrogens is 220 g/mol. The molecule has 1 nitrogen and oxygen atoms in total. The van der Waals surface area contributed by atoms with Crippen LogP contribution in [0.5, 0.6) is 5.75 Å². The first kappa shape index (κ1) is 13.2. The second-order valence-corrected chi connectivity index (χ2v) is 5.21. The van der Waals surface area contributed by atoms with Gasteiger partial charge in [0.2, 0.25) is 0 Å². The third-order valence-corrected chi connectivity index (χ3v) is 3.82. The van der Waals surface area contributed by atoms with Crippen molar-refractivity contribution < 1.29 is 4.74 Å². The summed E-state index contributed by atoms with van der Waals surface area (Å²) in [5, 5.41) is 0. The van der Waals surface area contributed by atoms with Gasteiger partial charge in [-0.2, -0.15) is 0 Å². The molecule has 0 amide bonds. The fourth-order valence-electron chi connectivity index (χ4n) is 2.66.